The van der Waals surface area contributed by atoms with Gasteiger partial charge in [0, 0.05) is 25.6 Å². The summed E-state index contributed by atoms with van der Waals surface area (Å²) in [7, 11) is 0. The van der Waals surface area contributed by atoms with E-state index in [1.807, 2.05) is 30.3 Å². The van der Waals surface area contributed by atoms with Crippen molar-refractivity contribution in [1.82, 2.24) is 4.90 Å². The van der Waals surface area contributed by atoms with Gasteiger partial charge in [-0.05, 0) is 31.7 Å². The van der Waals surface area contributed by atoms with Crippen molar-refractivity contribution in [3.05, 3.63) is 35.9 Å². The van der Waals surface area contributed by atoms with Gasteiger partial charge in [-0.2, -0.15) is 0 Å². The number of carbonyl (C=O) groups excluding carboxylic acids is 1. The van der Waals surface area contributed by atoms with Crippen molar-refractivity contribution in [2.45, 2.75) is 44.3 Å². The predicted molar refractivity (Wildman–Crippen MR) is 95.9 cm³/mol. The van der Waals surface area contributed by atoms with Crippen LogP contribution >= 0.6 is 0 Å². The number of amides is 1. The van der Waals surface area contributed by atoms with Crippen molar-refractivity contribution >= 4 is 11.9 Å². The van der Waals surface area contributed by atoms with Crippen molar-refractivity contribution in [1.29, 1.82) is 0 Å². The first-order valence-corrected chi connectivity index (χ1v) is 9.36. The number of aliphatic carboxylic acids is 1. The van der Waals surface area contributed by atoms with Gasteiger partial charge in [0.2, 0.25) is 0 Å². The molecular weight excluding hydrogens is 334 g/mol. The molecule has 1 amide bonds. The van der Waals surface area contributed by atoms with E-state index in [2.05, 4.69) is 0 Å². The Balaban J connectivity index is 1.59. The molecule has 0 aromatic heterocycles. The Hall–Kier alpha value is -1.92. The van der Waals surface area contributed by atoms with Crippen molar-refractivity contribution in [3.8, 4) is 0 Å². The van der Waals surface area contributed by atoms with Gasteiger partial charge in [0.15, 0.2) is 0 Å². The van der Waals surface area contributed by atoms with E-state index in [0.29, 0.717) is 13.2 Å². The van der Waals surface area contributed by atoms with Gasteiger partial charge in [-0.1, -0.05) is 30.3 Å². The largest absolute Gasteiger partial charge is 0.481 e. The van der Waals surface area contributed by atoms with Crippen LogP contribution in [0.25, 0.3) is 0 Å². The third-order valence-corrected chi connectivity index (χ3v) is 5.33. The molecule has 1 aromatic carbocycles. The first-order chi connectivity index (χ1) is 12.6. The average molecular weight is 361 g/mol. The van der Waals surface area contributed by atoms with Gasteiger partial charge in [-0.25, -0.2) is 0 Å². The number of carbonyl (C=O) groups is 2. The van der Waals surface area contributed by atoms with Crippen molar-refractivity contribution in [2.75, 3.05) is 26.3 Å². The third kappa shape index (κ3) is 4.43. The van der Waals surface area contributed by atoms with E-state index < -0.39 is 18.0 Å². The van der Waals surface area contributed by atoms with E-state index in [-0.39, 0.29) is 24.5 Å². The molecule has 2 heterocycles. The minimum Gasteiger partial charge on any atom is -0.481 e. The standard InChI is InChI=1S/C20H27NO5/c1-14(26-13-16-9-5-6-10-25-16)19(22)21-11-17(18(12-21)20(23)24)15-7-3-2-4-8-15/h2-4,7-8,14,16-18H,5-6,9-13H2,1H3,(H,23,24)/t14?,16?,17-,18-/m0/s1. The van der Waals surface area contributed by atoms with Crippen LogP contribution in [0.5, 0.6) is 0 Å². The van der Waals surface area contributed by atoms with E-state index >= 15 is 0 Å². The summed E-state index contributed by atoms with van der Waals surface area (Å²) >= 11 is 0. The van der Waals surface area contributed by atoms with Gasteiger partial charge in [0.05, 0.1) is 18.6 Å². The monoisotopic (exact) mass is 361 g/mol. The third-order valence-electron chi connectivity index (χ3n) is 5.33. The number of ether oxygens (including phenoxy) is 2. The SMILES string of the molecule is CC(OCC1CCCCO1)C(=O)N1C[C@H](C(=O)O)[C@H](c2ccccc2)C1. The number of rotatable bonds is 6. The zero-order valence-electron chi connectivity index (χ0n) is 15.2. The number of hydrogen-bond acceptors (Lipinski definition) is 4. The Morgan fingerprint density at radius 2 is 2.04 bits per heavy atom. The van der Waals surface area contributed by atoms with Gasteiger partial charge in [-0.15, -0.1) is 0 Å². The summed E-state index contributed by atoms with van der Waals surface area (Å²) in [5.74, 6) is -1.79. The van der Waals surface area contributed by atoms with Crippen LogP contribution in [0.2, 0.25) is 0 Å². The fourth-order valence-electron chi connectivity index (χ4n) is 3.79. The molecule has 0 bridgehead atoms. The molecule has 2 saturated heterocycles. The smallest absolute Gasteiger partial charge is 0.308 e. The molecule has 26 heavy (non-hydrogen) atoms. The fraction of sp³-hybridized carbons (Fsp3) is 0.600. The molecule has 2 unspecified atom stereocenters. The lowest BCUT2D eigenvalue weighted by Gasteiger charge is -2.25. The van der Waals surface area contributed by atoms with Crippen LogP contribution in [-0.4, -0.2) is 60.4 Å². The van der Waals surface area contributed by atoms with Gasteiger partial charge >= 0.3 is 5.97 Å². The summed E-state index contributed by atoms with van der Waals surface area (Å²) in [5.41, 5.74) is 0.958. The first kappa shape index (κ1) is 18.9. The summed E-state index contributed by atoms with van der Waals surface area (Å²) in [6.45, 7) is 3.53. The van der Waals surface area contributed by atoms with Crippen molar-refractivity contribution in [2.24, 2.45) is 5.92 Å². The minimum atomic E-state index is -0.863. The average Bonchev–Trinajstić information content (AvgIpc) is 3.13. The number of likely N-dealkylation sites (tertiary alicyclic amines) is 1. The number of nitrogens with zero attached hydrogens (tertiary/aromatic N) is 1. The van der Waals surface area contributed by atoms with Crippen LogP contribution in [0.4, 0.5) is 0 Å². The molecule has 3 rings (SSSR count). The summed E-state index contributed by atoms with van der Waals surface area (Å²) in [4.78, 5) is 26.0. The molecule has 6 heteroatoms. The van der Waals surface area contributed by atoms with E-state index in [1.165, 1.54) is 0 Å². The highest BCUT2D eigenvalue weighted by molar-refractivity contribution is 5.82. The summed E-state index contributed by atoms with van der Waals surface area (Å²) in [5, 5.41) is 9.57. The second kappa shape index (κ2) is 8.64. The number of benzene rings is 1. The Bertz CT molecular complexity index is 614. The maximum Gasteiger partial charge on any atom is 0.308 e. The summed E-state index contributed by atoms with van der Waals surface area (Å²) in [6, 6.07) is 9.55. The van der Waals surface area contributed by atoms with E-state index in [1.54, 1.807) is 11.8 Å². The highest BCUT2D eigenvalue weighted by Gasteiger charge is 2.41. The molecule has 1 N–H and O–H groups in total. The zero-order valence-corrected chi connectivity index (χ0v) is 15.2. The van der Waals surface area contributed by atoms with Crippen molar-refractivity contribution in [3.63, 3.8) is 0 Å². The normalized spacial score (nSPS) is 27.3. The number of carboxylic acid groups (broad SMARTS) is 1. The maximum absolute atomic E-state index is 12.7. The molecule has 0 radical (unpaired) electrons. The van der Waals surface area contributed by atoms with E-state index in [9.17, 15) is 14.7 Å². The van der Waals surface area contributed by atoms with Gasteiger partial charge in [0.1, 0.15) is 6.10 Å². The zero-order chi connectivity index (χ0) is 18.5. The molecule has 4 atom stereocenters. The Morgan fingerprint density at radius 3 is 2.69 bits per heavy atom. The lowest BCUT2D eigenvalue weighted by atomic mass is 9.89. The number of hydrogen-bond donors (Lipinski definition) is 1. The second-order valence-corrected chi connectivity index (χ2v) is 7.17. The van der Waals surface area contributed by atoms with Crippen LogP contribution in [0.1, 0.15) is 37.7 Å². The lowest BCUT2D eigenvalue weighted by molar-refractivity contribution is -0.146. The molecule has 0 aliphatic carbocycles. The fourth-order valence-corrected chi connectivity index (χ4v) is 3.79. The molecule has 2 fully saturated rings. The van der Waals surface area contributed by atoms with Crippen molar-refractivity contribution < 1.29 is 24.2 Å². The molecule has 2 aliphatic heterocycles. The Kier molecular flexibility index (Phi) is 6.27. The molecular formula is C20H27NO5. The Morgan fingerprint density at radius 1 is 1.27 bits per heavy atom. The first-order valence-electron chi connectivity index (χ1n) is 9.36. The van der Waals surface area contributed by atoms with E-state index in [4.69, 9.17) is 9.47 Å². The Labute approximate surface area is 154 Å². The van der Waals surface area contributed by atoms with Crippen LogP contribution < -0.4 is 0 Å². The van der Waals surface area contributed by atoms with Gasteiger partial charge in [0.25, 0.3) is 5.91 Å². The molecule has 142 valence electrons. The molecule has 6 nitrogen and oxygen atoms in total. The highest BCUT2D eigenvalue weighted by Crippen LogP contribution is 2.33. The molecule has 0 spiro atoms. The van der Waals surface area contributed by atoms with Crippen LogP contribution in [0.15, 0.2) is 30.3 Å². The quantitative estimate of drug-likeness (QED) is 0.841. The van der Waals surface area contributed by atoms with E-state index in [0.717, 1.165) is 31.4 Å². The topological polar surface area (TPSA) is 76.1 Å². The lowest BCUT2D eigenvalue weighted by Crippen LogP contribution is -2.39. The minimum absolute atomic E-state index is 0.0569. The predicted octanol–water partition coefficient (Wildman–Crippen LogP) is 2.29. The molecule has 2 aliphatic rings. The highest BCUT2D eigenvalue weighted by atomic mass is 16.5. The number of carboxylic acids is 1. The van der Waals surface area contributed by atoms with Gasteiger partial charge in [-0.3, -0.25) is 9.59 Å². The second-order valence-electron chi connectivity index (χ2n) is 7.17. The summed E-state index contributed by atoms with van der Waals surface area (Å²) in [6.07, 6.45) is 2.63. The van der Waals surface area contributed by atoms with Crippen LogP contribution in [0, 0.1) is 5.92 Å². The van der Waals surface area contributed by atoms with Crippen LogP contribution in [-0.2, 0) is 19.1 Å². The molecule has 0 saturated carbocycles. The van der Waals surface area contributed by atoms with Crippen LogP contribution in [0.3, 0.4) is 0 Å². The maximum atomic E-state index is 12.7. The molecule has 1 aromatic rings. The van der Waals surface area contributed by atoms with Gasteiger partial charge < -0.3 is 19.5 Å². The summed E-state index contributed by atoms with van der Waals surface area (Å²) < 4.78 is 11.4.